The molecule has 0 aliphatic rings. The molecular formula is C16H17F4N3O. The van der Waals surface area contributed by atoms with Crippen molar-refractivity contribution in [2.24, 2.45) is 0 Å². The normalized spacial score (nSPS) is 11.5. The van der Waals surface area contributed by atoms with Gasteiger partial charge in [0.1, 0.15) is 12.2 Å². The van der Waals surface area contributed by atoms with Crippen LogP contribution in [-0.4, -0.2) is 40.8 Å². The number of benzene rings is 1. The number of carbonyl (C=O) groups is 1. The molecular weight excluding hydrogens is 326 g/mol. The van der Waals surface area contributed by atoms with Crippen LogP contribution in [0.25, 0.3) is 11.3 Å². The van der Waals surface area contributed by atoms with Gasteiger partial charge in [-0.2, -0.15) is 18.3 Å². The molecule has 4 nitrogen and oxygen atoms in total. The number of H-pyrrole nitrogens is 1. The fraction of sp³-hybridized carbons (Fsp3) is 0.375. The van der Waals surface area contributed by atoms with Gasteiger partial charge in [-0.05, 0) is 31.0 Å². The van der Waals surface area contributed by atoms with E-state index in [4.69, 9.17) is 0 Å². The molecule has 0 bridgehead atoms. The number of nitrogens with zero attached hydrogens (tertiary/aromatic N) is 2. The predicted molar refractivity (Wildman–Crippen MR) is 80.6 cm³/mol. The van der Waals surface area contributed by atoms with Crippen molar-refractivity contribution in [3.8, 4) is 11.3 Å². The van der Waals surface area contributed by atoms with Gasteiger partial charge in [0.15, 0.2) is 0 Å². The van der Waals surface area contributed by atoms with E-state index >= 15 is 0 Å². The summed E-state index contributed by atoms with van der Waals surface area (Å²) >= 11 is 0. The summed E-state index contributed by atoms with van der Waals surface area (Å²) in [6.45, 7) is 0.212. The Hall–Kier alpha value is -2.38. The van der Waals surface area contributed by atoms with E-state index in [0.29, 0.717) is 24.1 Å². The van der Waals surface area contributed by atoms with Gasteiger partial charge in [0.2, 0.25) is 5.91 Å². The molecule has 0 aliphatic heterocycles. The molecule has 8 heteroatoms. The van der Waals surface area contributed by atoms with Crippen molar-refractivity contribution < 1.29 is 22.4 Å². The number of aromatic nitrogens is 2. The van der Waals surface area contributed by atoms with E-state index < -0.39 is 18.5 Å². The maximum Gasteiger partial charge on any atom is 0.397 e. The molecule has 0 fully saturated rings. The molecule has 130 valence electrons. The molecule has 1 aromatic heterocycles. The number of amides is 1. The van der Waals surface area contributed by atoms with Gasteiger partial charge >= 0.3 is 6.18 Å². The molecule has 0 saturated carbocycles. The summed E-state index contributed by atoms with van der Waals surface area (Å²) in [6, 6.07) is 7.77. The molecule has 1 N–H and O–H groups in total. The van der Waals surface area contributed by atoms with Gasteiger partial charge in [0, 0.05) is 24.8 Å². The Kier molecular flexibility index (Phi) is 5.58. The van der Waals surface area contributed by atoms with Crippen LogP contribution in [-0.2, 0) is 11.2 Å². The number of aryl methyl sites for hydroxylation is 1. The first-order valence-electron chi connectivity index (χ1n) is 7.35. The first-order chi connectivity index (χ1) is 11.2. The maximum absolute atomic E-state index is 13.2. The lowest BCUT2D eigenvalue weighted by Gasteiger charge is -2.17. The smallest absolute Gasteiger partial charge is 0.345 e. The van der Waals surface area contributed by atoms with Gasteiger partial charge in [-0.3, -0.25) is 9.89 Å². The van der Waals surface area contributed by atoms with E-state index in [0.717, 1.165) is 10.6 Å². The summed E-state index contributed by atoms with van der Waals surface area (Å²) in [5.74, 6) is -1.31. The average molecular weight is 343 g/mol. The lowest BCUT2D eigenvalue weighted by Crippen LogP contribution is -2.31. The van der Waals surface area contributed by atoms with Crippen LogP contribution in [0.4, 0.5) is 17.6 Å². The van der Waals surface area contributed by atoms with E-state index in [1.165, 1.54) is 19.2 Å². The van der Waals surface area contributed by atoms with Crippen LogP contribution in [0.1, 0.15) is 18.5 Å². The topological polar surface area (TPSA) is 49.0 Å². The Morgan fingerprint density at radius 1 is 1.29 bits per heavy atom. The third-order valence-corrected chi connectivity index (χ3v) is 3.47. The van der Waals surface area contributed by atoms with Gasteiger partial charge in [0.25, 0.3) is 0 Å². The quantitative estimate of drug-likeness (QED) is 0.816. The number of alkyl halides is 3. The summed E-state index contributed by atoms with van der Waals surface area (Å²) in [7, 11) is 1.35. The Morgan fingerprint density at radius 2 is 2.04 bits per heavy atom. The number of halogens is 4. The van der Waals surface area contributed by atoms with Crippen LogP contribution >= 0.6 is 0 Å². The number of nitrogens with one attached hydrogen (secondary N) is 1. The SMILES string of the molecule is CN(CCCc1cc(-c2cccc(F)c2)n[nH]1)C(=O)CC(F)(F)F. The van der Waals surface area contributed by atoms with Gasteiger partial charge in [0.05, 0.1) is 5.69 Å². The Bertz CT molecular complexity index is 697. The molecule has 0 radical (unpaired) electrons. The summed E-state index contributed by atoms with van der Waals surface area (Å²) in [6.07, 6.45) is -4.93. The zero-order valence-electron chi connectivity index (χ0n) is 13.0. The van der Waals surface area contributed by atoms with Crippen molar-refractivity contribution in [1.82, 2.24) is 15.1 Å². The molecule has 2 aromatic rings. The minimum absolute atomic E-state index is 0.212. The standard InChI is InChI=1S/C16H17F4N3O/c1-23(15(24)10-16(18,19)20)7-3-6-13-9-14(22-21-13)11-4-2-5-12(17)8-11/h2,4-5,8-9H,3,6-7,10H2,1H3,(H,21,22). The van der Waals surface area contributed by atoms with Crippen molar-refractivity contribution in [1.29, 1.82) is 0 Å². The highest BCUT2D eigenvalue weighted by Crippen LogP contribution is 2.21. The summed E-state index contributed by atoms with van der Waals surface area (Å²) < 4.78 is 49.7. The first kappa shape index (κ1) is 18.0. The lowest BCUT2D eigenvalue weighted by atomic mass is 10.1. The van der Waals surface area contributed by atoms with Gasteiger partial charge in [-0.15, -0.1) is 0 Å². The molecule has 24 heavy (non-hydrogen) atoms. The fourth-order valence-electron chi connectivity index (χ4n) is 2.22. The highest BCUT2D eigenvalue weighted by Gasteiger charge is 2.32. The molecule has 2 rings (SSSR count). The third-order valence-electron chi connectivity index (χ3n) is 3.47. The average Bonchev–Trinajstić information content (AvgIpc) is 2.94. The highest BCUT2D eigenvalue weighted by molar-refractivity contribution is 5.76. The molecule has 0 spiro atoms. The molecule has 1 heterocycles. The highest BCUT2D eigenvalue weighted by atomic mass is 19.4. The van der Waals surface area contributed by atoms with Crippen LogP contribution < -0.4 is 0 Å². The van der Waals surface area contributed by atoms with Gasteiger partial charge < -0.3 is 4.90 Å². The van der Waals surface area contributed by atoms with Gasteiger partial charge in [-0.25, -0.2) is 4.39 Å². The Morgan fingerprint density at radius 3 is 2.71 bits per heavy atom. The number of rotatable bonds is 6. The fourth-order valence-corrected chi connectivity index (χ4v) is 2.22. The van der Waals surface area contributed by atoms with Crippen LogP contribution in [0.5, 0.6) is 0 Å². The van der Waals surface area contributed by atoms with E-state index in [1.807, 2.05) is 0 Å². The number of hydrogen-bond donors (Lipinski definition) is 1. The van der Waals surface area contributed by atoms with Crippen LogP contribution in [0.15, 0.2) is 30.3 Å². The first-order valence-corrected chi connectivity index (χ1v) is 7.35. The molecule has 0 unspecified atom stereocenters. The Balaban J connectivity index is 1.84. The van der Waals surface area contributed by atoms with Gasteiger partial charge in [-0.1, -0.05) is 12.1 Å². The minimum Gasteiger partial charge on any atom is -0.345 e. The zero-order chi connectivity index (χ0) is 17.7. The van der Waals surface area contributed by atoms with E-state index in [2.05, 4.69) is 10.2 Å². The molecule has 0 atom stereocenters. The second kappa shape index (κ2) is 7.46. The van der Waals surface area contributed by atoms with E-state index in [1.54, 1.807) is 18.2 Å². The van der Waals surface area contributed by atoms with E-state index in [-0.39, 0.29) is 12.4 Å². The predicted octanol–water partition coefficient (Wildman–Crippen LogP) is 3.56. The van der Waals surface area contributed by atoms with E-state index in [9.17, 15) is 22.4 Å². The Labute approximate surface area is 136 Å². The second-order valence-corrected chi connectivity index (χ2v) is 5.50. The van der Waals surface area contributed by atoms with Crippen molar-refractivity contribution in [2.75, 3.05) is 13.6 Å². The molecule has 1 aromatic carbocycles. The molecule has 0 aliphatic carbocycles. The summed E-state index contributed by atoms with van der Waals surface area (Å²) in [5, 5.41) is 6.90. The minimum atomic E-state index is -4.49. The monoisotopic (exact) mass is 343 g/mol. The summed E-state index contributed by atoms with van der Waals surface area (Å²) in [4.78, 5) is 12.4. The second-order valence-electron chi connectivity index (χ2n) is 5.50. The van der Waals surface area contributed by atoms with Crippen molar-refractivity contribution in [3.05, 3.63) is 41.8 Å². The molecule has 1 amide bonds. The number of hydrogen-bond acceptors (Lipinski definition) is 2. The van der Waals surface area contributed by atoms with Crippen molar-refractivity contribution in [2.45, 2.75) is 25.4 Å². The summed E-state index contributed by atoms with van der Waals surface area (Å²) in [5.41, 5.74) is 1.99. The number of aromatic amines is 1. The zero-order valence-corrected chi connectivity index (χ0v) is 13.0. The van der Waals surface area contributed by atoms with Crippen LogP contribution in [0.3, 0.4) is 0 Å². The van der Waals surface area contributed by atoms with Crippen molar-refractivity contribution >= 4 is 5.91 Å². The third kappa shape index (κ3) is 5.36. The van der Waals surface area contributed by atoms with Crippen molar-refractivity contribution in [3.63, 3.8) is 0 Å². The largest absolute Gasteiger partial charge is 0.397 e. The number of carbonyl (C=O) groups excluding carboxylic acids is 1. The maximum atomic E-state index is 13.2. The molecule has 0 saturated heterocycles. The lowest BCUT2D eigenvalue weighted by molar-refractivity contribution is -0.160. The van der Waals surface area contributed by atoms with Crippen LogP contribution in [0.2, 0.25) is 0 Å². The van der Waals surface area contributed by atoms with Crippen LogP contribution in [0, 0.1) is 5.82 Å².